The second-order valence-electron chi connectivity index (χ2n) is 5.68. The molecular formula is C18H18N2O4S. The van der Waals surface area contributed by atoms with Crippen molar-refractivity contribution in [3.63, 3.8) is 0 Å². The van der Waals surface area contributed by atoms with Crippen molar-refractivity contribution in [3.05, 3.63) is 58.1 Å². The van der Waals surface area contributed by atoms with Gasteiger partial charge >= 0.3 is 0 Å². The van der Waals surface area contributed by atoms with Gasteiger partial charge in [-0.1, -0.05) is 6.07 Å². The fourth-order valence-electron chi connectivity index (χ4n) is 2.83. The summed E-state index contributed by atoms with van der Waals surface area (Å²) in [7, 11) is 1.61. The molecule has 0 unspecified atom stereocenters. The number of amides is 1. The highest BCUT2D eigenvalue weighted by Gasteiger charge is 2.24. The van der Waals surface area contributed by atoms with Crippen molar-refractivity contribution in [1.82, 2.24) is 0 Å². The highest BCUT2D eigenvalue weighted by Crippen LogP contribution is 2.32. The molecule has 0 saturated carbocycles. The fourth-order valence-corrected chi connectivity index (χ4v) is 3.61. The molecule has 0 aromatic heterocycles. The third-order valence-corrected chi connectivity index (χ3v) is 5.12. The van der Waals surface area contributed by atoms with Gasteiger partial charge in [-0.15, -0.1) is 11.8 Å². The minimum absolute atomic E-state index is 0.0151. The van der Waals surface area contributed by atoms with Gasteiger partial charge in [0.25, 0.3) is 5.69 Å². The van der Waals surface area contributed by atoms with Crippen molar-refractivity contribution < 1.29 is 14.5 Å². The minimum Gasteiger partial charge on any atom is -0.497 e. The van der Waals surface area contributed by atoms with Crippen LogP contribution in [0.25, 0.3) is 0 Å². The zero-order valence-electron chi connectivity index (χ0n) is 13.8. The van der Waals surface area contributed by atoms with Crippen LogP contribution in [0.2, 0.25) is 0 Å². The van der Waals surface area contributed by atoms with Crippen molar-refractivity contribution in [1.29, 1.82) is 0 Å². The lowest BCUT2D eigenvalue weighted by molar-refractivity contribution is -0.384. The number of nitro groups is 1. The van der Waals surface area contributed by atoms with E-state index in [9.17, 15) is 14.9 Å². The Bertz CT molecular complexity index is 792. The lowest BCUT2D eigenvalue weighted by Gasteiger charge is -2.29. The summed E-state index contributed by atoms with van der Waals surface area (Å²) in [5.74, 6) is 1.02. The number of non-ortho nitro benzene ring substituents is 1. The Labute approximate surface area is 149 Å². The standard InChI is InChI=1S/C18H18N2O4S/c1-24-15-6-8-16(9-7-15)25-12-18(21)19-10-2-3-13-4-5-14(20(22)23)11-17(13)19/h4-9,11H,2-3,10,12H2,1H3. The Morgan fingerprint density at radius 2 is 2.04 bits per heavy atom. The van der Waals surface area contributed by atoms with Crippen molar-refractivity contribution in [2.24, 2.45) is 0 Å². The number of nitrogens with zero attached hydrogens (tertiary/aromatic N) is 2. The van der Waals surface area contributed by atoms with Crippen LogP contribution in [0.5, 0.6) is 5.75 Å². The molecule has 0 spiro atoms. The number of hydrogen-bond donors (Lipinski definition) is 0. The van der Waals surface area contributed by atoms with Gasteiger partial charge < -0.3 is 9.64 Å². The molecule has 2 aromatic rings. The first-order chi connectivity index (χ1) is 12.1. The molecule has 25 heavy (non-hydrogen) atoms. The second kappa shape index (κ2) is 7.57. The Morgan fingerprint density at radius 1 is 1.28 bits per heavy atom. The Balaban J connectivity index is 1.72. The third kappa shape index (κ3) is 3.93. The van der Waals surface area contributed by atoms with Crippen molar-refractivity contribution in [3.8, 4) is 5.75 Å². The number of fused-ring (bicyclic) bond motifs is 1. The number of aryl methyl sites for hydroxylation is 1. The predicted octanol–water partition coefficient (Wildman–Crippen LogP) is 3.67. The van der Waals surface area contributed by atoms with Crippen molar-refractivity contribution in [2.45, 2.75) is 17.7 Å². The summed E-state index contributed by atoms with van der Waals surface area (Å²) in [6.07, 6.45) is 1.70. The number of carbonyl (C=O) groups excluding carboxylic acids is 1. The van der Waals surface area contributed by atoms with Crippen LogP contribution < -0.4 is 9.64 Å². The summed E-state index contributed by atoms with van der Waals surface area (Å²) in [6, 6.07) is 12.3. The summed E-state index contributed by atoms with van der Waals surface area (Å²) in [6.45, 7) is 0.593. The van der Waals surface area contributed by atoms with Gasteiger partial charge in [0, 0.05) is 23.6 Å². The number of carbonyl (C=O) groups is 1. The van der Waals surface area contributed by atoms with E-state index in [0.717, 1.165) is 29.1 Å². The zero-order chi connectivity index (χ0) is 17.8. The van der Waals surface area contributed by atoms with Gasteiger partial charge in [-0.05, 0) is 42.7 Å². The smallest absolute Gasteiger partial charge is 0.271 e. The molecule has 0 aliphatic carbocycles. The van der Waals surface area contributed by atoms with E-state index in [1.54, 1.807) is 18.1 Å². The molecule has 2 aromatic carbocycles. The van der Waals surface area contributed by atoms with Crippen LogP contribution in [0, 0.1) is 10.1 Å². The molecule has 1 aliphatic heterocycles. The second-order valence-corrected chi connectivity index (χ2v) is 6.73. The molecule has 0 bridgehead atoms. The number of anilines is 1. The molecule has 0 saturated heterocycles. The van der Waals surface area contributed by atoms with Crippen LogP contribution in [-0.4, -0.2) is 30.2 Å². The fraction of sp³-hybridized carbons (Fsp3) is 0.278. The van der Waals surface area contributed by atoms with Crippen LogP contribution in [-0.2, 0) is 11.2 Å². The molecule has 0 fully saturated rings. The highest BCUT2D eigenvalue weighted by molar-refractivity contribution is 8.00. The van der Waals surface area contributed by atoms with E-state index in [-0.39, 0.29) is 17.3 Å². The molecule has 7 heteroatoms. The maximum atomic E-state index is 12.6. The average Bonchev–Trinajstić information content (AvgIpc) is 2.65. The van der Waals surface area contributed by atoms with Crippen LogP contribution in [0.15, 0.2) is 47.4 Å². The maximum absolute atomic E-state index is 12.6. The molecule has 130 valence electrons. The third-order valence-electron chi connectivity index (χ3n) is 4.12. The lowest BCUT2D eigenvalue weighted by Crippen LogP contribution is -2.36. The van der Waals surface area contributed by atoms with E-state index in [1.165, 1.54) is 23.9 Å². The number of rotatable bonds is 5. The van der Waals surface area contributed by atoms with E-state index in [1.807, 2.05) is 24.3 Å². The number of nitro benzene ring substituents is 1. The first-order valence-corrected chi connectivity index (χ1v) is 8.91. The molecule has 1 amide bonds. The number of methoxy groups -OCH3 is 1. The van der Waals surface area contributed by atoms with E-state index >= 15 is 0 Å². The molecule has 6 nitrogen and oxygen atoms in total. The van der Waals surface area contributed by atoms with E-state index in [0.29, 0.717) is 12.2 Å². The van der Waals surface area contributed by atoms with Crippen LogP contribution in [0.4, 0.5) is 11.4 Å². The molecule has 0 atom stereocenters. The predicted molar refractivity (Wildman–Crippen MR) is 97.5 cm³/mol. The van der Waals surface area contributed by atoms with Gasteiger partial charge in [-0.3, -0.25) is 14.9 Å². The summed E-state index contributed by atoms with van der Waals surface area (Å²) in [5, 5.41) is 11.0. The Kier molecular flexibility index (Phi) is 5.23. The SMILES string of the molecule is COc1ccc(SCC(=O)N2CCCc3ccc([N+](=O)[O-])cc32)cc1. The van der Waals surface area contributed by atoms with Gasteiger partial charge in [0.05, 0.1) is 23.5 Å². The minimum atomic E-state index is -0.427. The first-order valence-electron chi connectivity index (χ1n) is 7.93. The summed E-state index contributed by atoms with van der Waals surface area (Å²) < 4.78 is 5.12. The van der Waals surface area contributed by atoms with Crippen LogP contribution >= 0.6 is 11.8 Å². The zero-order valence-corrected chi connectivity index (χ0v) is 14.6. The first kappa shape index (κ1) is 17.3. The molecule has 0 N–H and O–H groups in total. The molecule has 1 aliphatic rings. The van der Waals surface area contributed by atoms with Crippen LogP contribution in [0.3, 0.4) is 0 Å². The highest BCUT2D eigenvalue weighted by atomic mass is 32.2. The van der Waals surface area contributed by atoms with Crippen molar-refractivity contribution >= 4 is 29.0 Å². The number of ether oxygens (including phenoxy) is 1. The topological polar surface area (TPSA) is 72.7 Å². The van der Waals surface area contributed by atoms with E-state index < -0.39 is 4.92 Å². The Hall–Kier alpha value is -2.54. The quantitative estimate of drug-likeness (QED) is 0.463. The average molecular weight is 358 g/mol. The van der Waals surface area contributed by atoms with Gasteiger partial charge in [-0.2, -0.15) is 0 Å². The van der Waals surface area contributed by atoms with Gasteiger partial charge in [0.15, 0.2) is 0 Å². The number of hydrogen-bond acceptors (Lipinski definition) is 5. The molecule has 1 heterocycles. The monoisotopic (exact) mass is 358 g/mol. The molecule has 0 radical (unpaired) electrons. The van der Waals surface area contributed by atoms with E-state index in [4.69, 9.17) is 4.74 Å². The number of thioether (sulfide) groups is 1. The van der Waals surface area contributed by atoms with Crippen molar-refractivity contribution in [2.75, 3.05) is 24.3 Å². The molecule has 3 rings (SSSR count). The Morgan fingerprint density at radius 3 is 2.72 bits per heavy atom. The summed E-state index contributed by atoms with van der Waals surface area (Å²) in [4.78, 5) is 25.9. The van der Waals surface area contributed by atoms with Gasteiger partial charge in [-0.25, -0.2) is 0 Å². The summed E-state index contributed by atoms with van der Waals surface area (Å²) in [5.41, 5.74) is 1.67. The summed E-state index contributed by atoms with van der Waals surface area (Å²) >= 11 is 1.45. The lowest BCUT2D eigenvalue weighted by atomic mass is 10.0. The molecular weight excluding hydrogens is 340 g/mol. The van der Waals surface area contributed by atoms with Crippen LogP contribution in [0.1, 0.15) is 12.0 Å². The van der Waals surface area contributed by atoms with Gasteiger partial charge in [0.2, 0.25) is 5.91 Å². The van der Waals surface area contributed by atoms with Gasteiger partial charge in [0.1, 0.15) is 5.75 Å². The number of benzene rings is 2. The largest absolute Gasteiger partial charge is 0.497 e. The van der Waals surface area contributed by atoms with E-state index in [2.05, 4.69) is 0 Å². The normalized spacial score (nSPS) is 13.2. The maximum Gasteiger partial charge on any atom is 0.271 e.